The Morgan fingerprint density at radius 3 is 2.59 bits per heavy atom. The van der Waals surface area contributed by atoms with Crippen LogP contribution in [-0.4, -0.2) is 39.1 Å². The van der Waals surface area contributed by atoms with Crippen molar-refractivity contribution in [2.45, 2.75) is 33.0 Å². The van der Waals surface area contributed by atoms with Gasteiger partial charge in [-0.15, -0.1) is 0 Å². The number of aryl methyl sites for hydroxylation is 2. The van der Waals surface area contributed by atoms with E-state index in [9.17, 15) is 4.39 Å². The molecule has 140 valence electrons. The van der Waals surface area contributed by atoms with Gasteiger partial charge in [-0.2, -0.15) is 10.1 Å². The number of hydrogen-bond acceptors (Lipinski definition) is 5. The predicted molar refractivity (Wildman–Crippen MR) is 97.9 cm³/mol. The lowest BCUT2D eigenvalue weighted by atomic mass is 10.1. The third-order valence-corrected chi connectivity index (χ3v) is 4.48. The third kappa shape index (κ3) is 3.98. The quantitative estimate of drug-likeness (QED) is 0.669. The van der Waals surface area contributed by atoms with Crippen LogP contribution in [0.15, 0.2) is 36.5 Å². The summed E-state index contributed by atoms with van der Waals surface area (Å²) in [6.07, 6.45) is 2.38. The number of rotatable bonds is 6. The molecule has 3 heterocycles. The Morgan fingerprint density at radius 2 is 1.96 bits per heavy atom. The van der Waals surface area contributed by atoms with Gasteiger partial charge < -0.3 is 9.47 Å². The van der Waals surface area contributed by atoms with Crippen molar-refractivity contribution in [2.24, 2.45) is 0 Å². The summed E-state index contributed by atoms with van der Waals surface area (Å²) in [7, 11) is 0. The van der Waals surface area contributed by atoms with Crippen molar-refractivity contribution in [1.29, 1.82) is 0 Å². The van der Waals surface area contributed by atoms with Crippen molar-refractivity contribution in [3.8, 4) is 11.8 Å². The van der Waals surface area contributed by atoms with Gasteiger partial charge >= 0.3 is 0 Å². The molecular weight excluding hydrogens is 347 g/mol. The largest absolute Gasteiger partial charge is 0.469 e. The summed E-state index contributed by atoms with van der Waals surface area (Å²) in [5.74, 6) is 0.850. The molecule has 1 aliphatic heterocycles. The molecule has 0 spiro atoms. The fourth-order valence-electron chi connectivity index (χ4n) is 2.81. The standard InChI is InChI=1S/C20H21FN4O2/c1-13-3-5-15(6-4-13)7-16-8-19(27-17-11-26-12-17)23-20(22-16)25-10-14(2)18(9-21)24-25/h3-6,8,10,17H,7,9,11-12H2,1-2H3. The summed E-state index contributed by atoms with van der Waals surface area (Å²) >= 11 is 0. The number of aromatic nitrogens is 4. The molecular formula is C20H21FN4O2. The molecule has 0 amide bonds. The normalized spacial score (nSPS) is 14.2. The minimum absolute atomic E-state index is 0.000681. The molecule has 0 aliphatic carbocycles. The van der Waals surface area contributed by atoms with Crippen molar-refractivity contribution >= 4 is 0 Å². The summed E-state index contributed by atoms with van der Waals surface area (Å²) < 4.78 is 25.6. The van der Waals surface area contributed by atoms with Crippen LogP contribution < -0.4 is 4.74 Å². The number of ether oxygens (including phenoxy) is 2. The molecule has 0 atom stereocenters. The lowest BCUT2D eigenvalue weighted by molar-refractivity contribution is -0.0814. The van der Waals surface area contributed by atoms with Gasteiger partial charge in [0.1, 0.15) is 12.8 Å². The topological polar surface area (TPSA) is 62.1 Å². The minimum atomic E-state index is -0.620. The van der Waals surface area contributed by atoms with Crippen LogP contribution in [0.3, 0.4) is 0 Å². The van der Waals surface area contributed by atoms with Gasteiger partial charge in [0.05, 0.1) is 24.6 Å². The number of halogens is 1. The molecule has 0 unspecified atom stereocenters. The molecule has 1 fully saturated rings. The van der Waals surface area contributed by atoms with Crippen molar-refractivity contribution in [2.75, 3.05) is 13.2 Å². The molecule has 7 heteroatoms. The first-order chi connectivity index (χ1) is 13.1. The van der Waals surface area contributed by atoms with E-state index in [-0.39, 0.29) is 6.10 Å². The second-order valence-corrected chi connectivity index (χ2v) is 6.77. The van der Waals surface area contributed by atoms with Crippen LogP contribution >= 0.6 is 0 Å². The molecule has 0 N–H and O–H groups in total. The molecule has 4 rings (SSSR count). The van der Waals surface area contributed by atoms with Gasteiger partial charge in [0.15, 0.2) is 0 Å². The van der Waals surface area contributed by atoms with Crippen LogP contribution in [0, 0.1) is 13.8 Å². The molecule has 1 aliphatic rings. The second kappa shape index (κ2) is 7.44. The lowest BCUT2D eigenvalue weighted by Gasteiger charge is -2.26. The fraction of sp³-hybridized carbons (Fsp3) is 0.350. The summed E-state index contributed by atoms with van der Waals surface area (Å²) in [6, 6.07) is 10.2. The maximum absolute atomic E-state index is 13.1. The number of alkyl halides is 1. The Labute approximate surface area is 157 Å². The molecule has 2 aromatic heterocycles. The van der Waals surface area contributed by atoms with E-state index in [1.54, 1.807) is 6.20 Å². The lowest BCUT2D eigenvalue weighted by Crippen LogP contribution is -2.38. The Balaban J connectivity index is 1.68. The molecule has 0 bridgehead atoms. The molecule has 27 heavy (non-hydrogen) atoms. The van der Waals surface area contributed by atoms with Gasteiger partial charge in [0.2, 0.25) is 5.88 Å². The molecule has 1 aromatic carbocycles. The minimum Gasteiger partial charge on any atom is -0.469 e. The number of benzene rings is 1. The van der Waals surface area contributed by atoms with Crippen LogP contribution in [0.1, 0.15) is 28.1 Å². The van der Waals surface area contributed by atoms with E-state index in [2.05, 4.69) is 46.3 Å². The highest BCUT2D eigenvalue weighted by atomic mass is 19.1. The second-order valence-electron chi connectivity index (χ2n) is 6.77. The summed E-state index contributed by atoms with van der Waals surface area (Å²) in [6.45, 7) is 4.36. The van der Waals surface area contributed by atoms with Crippen molar-refractivity contribution < 1.29 is 13.9 Å². The highest BCUT2D eigenvalue weighted by Gasteiger charge is 2.22. The Hall–Kier alpha value is -2.80. The van der Waals surface area contributed by atoms with Gasteiger partial charge in [0.25, 0.3) is 5.95 Å². The third-order valence-electron chi connectivity index (χ3n) is 4.48. The van der Waals surface area contributed by atoms with Crippen LogP contribution in [0.25, 0.3) is 5.95 Å². The first kappa shape index (κ1) is 17.6. The van der Waals surface area contributed by atoms with Crippen LogP contribution in [0.2, 0.25) is 0 Å². The predicted octanol–water partition coefficient (Wildman–Crippen LogP) is 3.12. The summed E-state index contributed by atoms with van der Waals surface area (Å²) in [4.78, 5) is 9.08. The monoisotopic (exact) mass is 368 g/mol. The van der Waals surface area contributed by atoms with E-state index in [0.717, 1.165) is 16.8 Å². The SMILES string of the molecule is Cc1ccc(Cc2cc(OC3COC3)nc(-n3cc(C)c(CF)n3)n2)cc1. The summed E-state index contributed by atoms with van der Waals surface area (Å²) in [5, 5.41) is 4.25. The average Bonchev–Trinajstić information content (AvgIpc) is 3.01. The van der Waals surface area contributed by atoms with E-state index >= 15 is 0 Å². The van der Waals surface area contributed by atoms with Crippen LogP contribution in [0.5, 0.6) is 5.88 Å². The zero-order chi connectivity index (χ0) is 18.8. The number of nitrogens with zero attached hydrogens (tertiary/aromatic N) is 4. The first-order valence-electron chi connectivity index (χ1n) is 8.90. The van der Waals surface area contributed by atoms with Gasteiger partial charge in [0, 0.05) is 18.7 Å². The Kier molecular flexibility index (Phi) is 4.85. The van der Waals surface area contributed by atoms with Gasteiger partial charge in [-0.1, -0.05) is 29.8 Å². The van der Waals surface area contributed by atoms with Gasteiger partial charge in [-0.3, -0.25) is 0 Å². The zero-order valence-corrected chi connectivity index (χ0v) is 15.4. The average molecular weight is 368 g/mol. The number of hydrogen-bond donors (Lipinski definition) is 0. The van der Waals surface area contributed by atoms with Crippen molar-refractivity contribution in [1.82, 2.24) is 19.7 Å². The van der Waals surface area contributed by atoms with Gasteiger partial charge in [-0.05, 0) is 25.0 Å². The maximum atomic E-state index is 13.1. The van der Waals surface area contributed by atoms with E-state index in [1.165, 1.54) is 10.2 Å². The first-order valence-corrected chi connectivity index (χ1v) is 8.90. The smallest absolute Gasteiger partial charge is 0.254 e. The van der Waals surface area contributed by atoms with Crippen LogP contribution in [-0.2, 0) is 17.8 Å². The van der Waals surface area contributed by atoms with Crippen molar-refractivity contribution in [3.05, 3.63) is 64.6 Å². The molecule has 3 aromatic rings. The Morgan fingerprint density at radius 1 is 1.19 bits per heavy atom. The van der Waals surface area contributed by atoms with E-state index < -0.39 is 6.67 Å². The van der Waals surface area contributed by atoms with Crippen LogP contribution in [0.4, 0.5) is 4.39 Å². The highest BCUT2D eigenvalue weighted by molar-refractivity contribution is 5.30. The highest BCUT2D eigenvalue weighted by Crippen LogP contribution is 2.20. The molecule has 0 saturated carbocycles. The van der Waals surface area contributed by atoms with Gasteiger partial charge in [-0.25, -0.2) is 14.1 Å². The fourth-order valence-corrected chi connectivity index (χ4v) is 2.81. The maximum Gasteiger partial charge on any atom is 0.254 e. The van der Waals surface area contributed by atoms with E-state index in [4.69, 9.17) is 9.47 Å². The molecule has 0 radical (unpaired) electrons. The zero-order valence-electron chi connectivity index (χ0n) is 15.4. The van der Waals surface area contributed by atoms with Crippen molar-refractivity contribution in [3.63, 3.8) is 0 Å². The van der Waals surface area contributed by atoms with E-state index in [1.807, 2.05) is 13.0 Å². The summed E-state index contributed by atoms with van der Waals surface area (Å²) in [5.41, 5.74) is 4.32. The Bertz CT molecular complexity index is 936. The van der Waals surface area contributed by atoms with E-state index in [0.29, 0.717) is 37.2 Å². The molecule has 6 nitrogen and oxygen atoms in total. The molecule has 1 saturated heterocycles.